The van der Waals surface area contributed by atoms with E-state index >= 15 is 0 Å². The molecule has 1 aliphatic carbocycles. The van der Waals surface area contributed by atoms with Gasteiger partial charge in [-0.1, -0.05) is 25.3 Å². The van der Waals surface area contributed by atoms with Gasteiger partial charge in [0.2, 0.25) is 0 Å². The predicted octanol–water partition coefficient (Wildman–Crippen LogP) is 2.63. The Morgan fingerprint density at radius 3 is 2.67 bits per heavy atom. The van der Waals surface area contributed by atoms with Crippen LogP contribution in [-0.2, 0) is 0 Å². The van der Waals surface area contributed by atoms with Gasteiger partial charge in [-0.25, -0.2) is 0 Å². The van der Waals surface area contributed by atoms with Gasteiger partial charge < -0.3 is 10.4 Å². The topological polar surface area (TPSA) is 32.3 Å². The molecule has 0 unspecified atom stereocenters. The highest BCUT2D eigenvalue weighted by molar-refractivity contribution is 4.85. The zero-order valence-corrected chi connectivity index (χ0v) is 9.97. The summed E-state index contributed by atoms with van der Waals surface area (Å²) in [5.74, 6) is 0. The first-order valence-corrected chi connectivity index (χ1v) is 6.23. The second kappa shape index (κ2) is 6.29. The van der Waals surface area contributed by atoms with E-state index in [2.05, 4.69) is 18.8 Å². The number of rotatable bonds is 6. The van der Waals surface area contributed by atoms with E-state index in [0.29, 0.717) is 6.04 Å². The Balaban J connectivity index is 2.19. The minimum absolute atomic E-state index is 0.430. The Labute approximate surface area is 93.8 Å². The monoisotopic (exact) mass is 211 g/mol. The van der Waals surface area contributed by atoms with Crippen LogP contribution in [0.5, 0.6) is 0 Å². The molecule has 1 atom stereocenters. The third-order valence-electron chi connectivity index (χ3n) is 3.37. The first-order valence-electron chi connectivity index (χ1n) is 6.23. The molecule has 15 heavy (non-hydrogen) atoms. The number of hydrogen-bond donors (Lipinski definition) is 2. The van der Waals surface area contributed by atoms with Crippen LogP contribution in [0.25, 0.3) is 0 Å². The molecular formula is C13H25NO. The van der Waals surface area contributed by atoms with E-state index in [1.165, 1.54) is 19.3 Å². The van der Waals surface area contributed by atoms with Crippen LogP contribution in [-0.4, -0.2) is 23.3 Å². The number of allylic oxidation sites excluding steroid dienone is 1. The van der Waals surface area contributed by atoms with Gasteiger partial charge in [-0.2, -0.15) is 0 Å². The van der Waals surface area contributed by atoms with Crippen LogP contribution < -0.4 is 5.32 Å². The first-order chi connectivity index (χ1) is 7.16. The van der Waals surface area contributed by atoms with Crippen molar-refractivity contribution in [1.29, 1.82) is 0 Å². The van der Waals surface area contributed by atoms with Crippen molar-refractivity contribution >= 4 is 0 Å². The number of nitrogens with one attached hydrogen (secondary N) is 1. The maximum Gasteiger partial charge on any atom is 0.0771 e. The number of aliphatic hydroxyl groups is 1. The fourth-order valence-electron chi connectivity index (χ4n) is 2.22. The summed E-state index contributed by atoms with van der Waals surface area (Å²) >= 11 is 0. The molecule has 1 aliphatic rings. The van der Waals surface area contributed by atoms with Gasteiger partial charge in [-0.05, 0) is 32.6 Å². The van der Waals surface area contributed by atoms with Gasteiger partial charge in [0.1, 0.15) is 0 Å². The zero-order valence-electron chi connectivity index (χ0n) is 9.97. The zero-order chi connectivity index (χ0) is 11.1. The quantitative estimate of drug-likeness (QED) is 0.662. The molecule has 0 radical (unpaired) electrons. The fraction of sp³-hybridized carbons (Fsp3) is 0.846. The summed E-state index contributed by atoms with van der Waals surface area (Å²) in [5.41, 5.74) is -0.430. The van der Waals surface area contributed by atoms with Crippen molar-refractivity contribution in [2.45, 2.75) is 63.5 Å². The van der Waals surface area contributed by atoms with E-state index in [1.54, 1.807) is 0 Å². The Hall–Kier alpha value is -0.340. The Bertz CT molecular complexity index is 185. The molecule has 0 heterocycles. The largest absolute Gasteiger partial charge is 0.389 e. The predicted molar refractivity (Wildman–Crippen MR) is 64.9 cm³/mol. The van der Waals surface area contributed by atoms with Crippen LogP contribution in [0.1, 0.15) is 51.9 Å². The maximum atomic E-state index is 10.3. The highest BCUT2D eigenvalue weighted by Gasteiger charge is 2.28. The minimum atomic E-state index is -0.430. The van der Waals surface area contributed by atoms with Gasteiger partial charge >= 0.3 is 0 Å². The minimum Gasteiger partial charge on any atom is -0.389 e. The lowest BCUT2D eigenvalue weighted by Crippen LogP contribution is -2.44. The SMILES string of the molecule is C=CCC[C@@H](C)NCC1(O)CCCCC1. The lowest BCUT2D eigenvalue weighted by molar-refractivity contribution is 0.00289. The summed E-state index contributed by atoms with van der Waals surface area (Å²) in [6, 6.07) is 0.481. The van der Waals surface area contributed by atoms with Crippen molar-refractivity contribution in [3.05, 3.63) is 12.7 Å². The van der Waals surface area contributed by atoms with Crippen molar-refractivity contribution < 1.29 is 5.11 Å². The lowest BCUT2D eigenvalue weighted by Gasteiger charge is -2.33. The lowest BCUT2D eigenvalue weighted by atomic mass is 9.84. The molecule has 0 spiro atoms. The molecule has 1 saturated carbocycles. The molecule has 1 fully saturated rings. The molecule has 2 N–H and O–H groups in total. The average Bonchev–Trinajstić information content (AvgIpc) is 2.25. The van der Waals surface area contributed by atoms with Gasteiger partial charge in [0.15, 0.2) is 0 Å². The summed E-state index contributed by atoms with van der Waals surface area (Å²) < 4.78 is 0. The van der Waals surface area contributed by atoms with Gasteiger partial charge in [-0.3, -0.25) is 0 Å². The molecule has 0 amide bonds. The van der Waals surface area contributed by atoms with E-state index in [-0.39, 0.29) is 0 Å². The van der Waals surface area contributed by atoms with Crippen molar-refractivity contribution in [3.63, 3.8) is 0 Å². The van der Waals surface area contributed by atoms with E-state index in [4.69, 9.17) is 0 Å². The molecule has 0 aromatic rings. The van der Waals surface area contributed by atoms with E-state index in [0.717, 1.165) is 32.2 Å². The third-order valence-corrected chi connectivity index (χ3v) is 3.37. The molecular weight excluding hydrogens is 186 g/mol. The number of hydrogen-bond acceptors (Lipinski definition) is 2. The molecule has 2 nitrogen and oxygen atoms in total. The van der Waals surface area contributed by atoms with Gasteiger partial charge in [-0.15, -0.1) is 6.58 Å². The average molecular weight is 211 g/mol. The van der Waals surface area contributed by atoms with Crippen molar-refractivity contribution in [2.75, 3.05) is 6.54 Å². The normalized spacial score (nSPS) is 22.3. The summed E-state index contributed by atoms with van der Waals surface area (Å²) in [6.07, 6.45) is 9.69. The molecule has 1 rings (SSSR count). The highest BCUT2D eigenvalue weighted by Crippen LogP contribution is 2.27. The molecule has 0 saturated heterocycles. The Morgan fingerprint density at radius 2 is 2.07 bits per heavy atom. The van der Waals surface area contributed by atoms with Crippen molar-refractivity contribution in [1.82, 2.24) is 5.32 Å². The van der Waals surface area contributed by atoms with Crippen molar-refractivity contribution in [2.24, 2.45) is 0 Å². The van der Waals surface area contributed by atoms with Gasteiger partial charge in [0.05, 0.1) is 5.60 Å². The van der Waals surface area contributed by atoms with Crippen LogP contribution in [0.15, 0.2) is 12.7 Å². The Kier molecular flexibility index (Phi) is 5.34. The summed E-state index contributed by atoms with van der Waals surface area (Å²) in [6.45, 7) is 6.65. The van der Waals surface area contributed by atoms with Crippen LogP contribution >= 0.6 is 0 Å². The van der Waals surface area contributed by atoms with Crippen LogP contribution in [0.4, 0.5) is 0 Å². The Morgan fingerprint density at radius 1 is 1.40 bits per heavy atom. The third kappa shape index (κ3) is 4.80. The van der Waals surface area contributed by atoms with Crippen molar-refractivity contribution in [3.8, 4) is 0 Å². The summed E-state index contributed by atoms with van der Waals surface area (Å²) in [4.78, 5) is 0. The maximum absolute atomic E-state index is 10.3. The van der Waals surface area contributed by atoms with Gasteiger partial charge in [0.25, 0.3) is 0 Å². The van der Waals surface area contributed by atoms with Crippen LogP contribution in [0, 0.1) is 0 Å². The standard InChI is InChI=1S/C13H25NO/c1-3-4-8-12(2)14-11-13(15)9-6-5-7-10-13/h3,12,14-15H,1,4-11H2,2H3/t12-/m1/s1. The van der Waals surface area contributed by atoms with E-state index in [9.17, 15) is 5.11 Å². The second-order valence-corrected chi connectivity index (χ2v) is 4.93. The highest BCUT2D eigenvalue weighted by atomic mass is 16.3. The van der Waals surface area contributed by atoms with E-state index < -0.39 is 5.60 Å². The van der Waals surface area contributed by atoms with Crippen LogP contribution in [0.3, 0.4) is 0 Å². The molecule has 0 aromatic carbocycles. The fourth-order valence-corrected chi connectivity index (χ4v) is 2.22. The summed E-state index contributed by atoms with van der Waals surface area (Å²) in [7, 11) is 0. The molecule has 0 aliphatic heterocycles. The first kappa shape index (κ1) is 12.7. The molecule has 2 heteroatoms. The second-order valence-electron chi connectivity index (χ2n) is 4.93. The molecule has 88 valence electrons. The van der Waals surface area contributed by atoms with E-state index in [1.807, 2.05) is 6.08 Å². The molecule has 0 aromatic heterocycles. The smallest absolute Gasteiger partial charge is 0.0771 e. The summed E-state index contributed by atoms with van der Waals surface area (Å²) in [5, 5.41) is 13.7. The molecule has 0 bridgehead atoms. The van der Waals surface area contributed by atoms with Crippen LogP contribution in [0.2, 0.25) is 0 Å². The van der Waals surface area contributed by atoms with Gasteiger partial charge in [0, 0.05) is 12.6 Å².